The SMILES string of the molecule is CC(=O)NCc1ccc(S(=O)(=O)N(Cc2ccc(C3CC3C)o2)C2CC2)s1. The van der Waals surface area contributed by atoms with Crippen molar-refractivity contribution in [2.45, 2.75) is 62.4 Å². The van der Waals surface area contributed by atoms with E-state index < -0.39 is 10.0 Å². The molecular weight excluding hydrogens is 384 g/mol. The van der Waals surface area contributed by atoms with Gasteiger partial charge in [0, 0.05) is 23.8 Å². The molecule has 0 spiro atoms. The maximum absolute atomic E-state index is 13.2. The predicted octanol–water partition coefficient (Wildman–Crippen LogP) is 3.45. The Kier molecular flexibility index (Phi) is 4.90. The number of rotatable bonds is 8. The minimum atomic E-state index is -3.58. The van der Waals surface area contributed by atoms with Gasteiger partial charge in [0.25, 0.3) is 10.0 Å². The number of hydrogen-bond acceptors (Lipinski definition) is 5. The fourth-order valence-corrected chi connectivity index (χ4v) is 6.32. The van der Waals surface area contributed by atoms with Gasteiger partial charge in [-0.1, -0.05) is 6.92 Å². The van der Waals surface area contributed by atoms with Gasteiger partial charge in [-0.15, -0.1) is 11.3 Å². The van der Waals surface area contributed by atoms with Crippen molar-refractivity contribution in [3.05, 3.63) is 40.7 Å². The van der Waals surface area contributed by atoms with Crippen molar-refractivity contribution in [1.82, 2.24) is 9.62 Å². The molecule has 8 heteroatoms. The number of hydrogen-bond donors (Lipinski definition) is 1. The lowest BCUT2D eigenvalue weighted by atomic mass is 10.3. The lowest BCUT2D eigenvalue weighted by Crippen LogP contribution is -2.32. The van der Waals surface area contributed by atoms with Gasteiger partial charge in [-0.05, 0) is 49.4 Å². The van der Waals surface area contributed by atoms with E-state index in [0.717, 1.165) is 29.9 Å². The van der Waals surface area contributed by atoms with Gasteiger partial charge in [0.05, 0.1) is 13.1 Å². The molecule has 146 valence electrons. The second kappa shape index (κ2) is 7.07. The molecule has 2 saturated carbocycles. The Morgan fingerprint density at radius 1 is 1.30 bits per heavy atom. The Hall–Kier alpha value is -1.64. The molecule has 2 aromatic heterocycles. The minimum Gasteiger partial charge on any atom is -0.464 e. The highest BCUT2D eigenvalue weighted by Crippen LogP contribution is 2.47. The first kappa shape index (κ1) is 18.7. The lowest BCUT2D eigenvalue weighted by Gasteiger charge is -2.19. The van der Waals surface area contributed by atoms with Crippen molar-refractivity contribution in [1.29, 1.82) is 0 Å². The highest BCUT2D eigenvalue weighted by atomic mass is 32.2. The van der Waals surface area contributed by atoms with Gasteiger partial charge in [-0.3, -0.25) is 4.79 Å². The van der Waals surface area contributed by atoms with Gasteiger partial charge in [0.15, 0.2) is 0 Å². The Morgan fingerprint density at radius 2 is 2.04 bits per heavy atom. The van der Waals surface area contributed by atoms with Crippen LogP contribution in [0.25, 0.3) is 0 Å². The van der Waals surface area contributed by atoms with E-state index in [4.69, 9.17) is 4.42 Å². The number of sulfonamides is 1. The van der Waals surface area contributed by atoms with E-state index in [0.29, 0.717) is 28.3 Å². The highest BCUT2D eigenvalue weighted by molar-refractivity contribution is 7.91. The van der Waals surface area contributed by atoms with Crippen LogP contribution in [0.15, 0.2) is 32.9 Å². The molecule has 2 aliphatic carbocycles. The van der Waals surface area contributed by atoms with Crippen LogP contribution < -0.4 is 5.32 Å². The van der Waals surface area contributed by atoms with Crippen LogP contribution in [0.2, 0.25) is 0 Å². The van der Waals surface area contributed by atoms with Crippen molar-refractivity contribution < 1.29 is 17.6 Å². The number of furan rings is 1. The van der Waals surface area contributed by atoms with Crippen LogP contribution in [0, 0.1) is 5.92 Å². The Labute approximate surface area is 163 Å². The second-order valence-electron chi connectivity index (χ2n) is 7.54. The average molecular weight is 409 g/mol. The fraction of sp³-hybridized carbons (Fsp3) is 0.526. The third kappa shape index (κ3) is 4.12. The van der Waals surface area contributed by atoms with Gasteiger partial charge >= 0.3 is 0 Å². The summed E-state index contributed by atoms with van der Waals surface area (Å²) >= 11 is 1.21. The quantitative estimate of drug-likeness (QED) is 0.725. The zero-order chi connectivity index (χ0) is 19.2. The van der Waals surface area contributed by atoms with E-state index >= 15 is 0 Å². The highest BCUT2D eigenvalue weighted by Gasteiger charge is 2.40. The van der Waals surface area contributed by atoms with E-state index in [-0.39, 0.29) is 18.5 Å². The normalized spacial score (nSPS) is 22.2. The summed E-state index contributed by atoms with van der Waals surface area (Å²) in [6, 6.07) is 7.33. The molecule has 0 aliphatic heterocycles. The Balaban J connectivity index is 1.51. The smallest absolute Gasteiger partial charge is 0.253 e. The van der Waals surface area contributed by atoms with Gasteiger partial charge in [0.1, 0.15) is 15.7 Å². The molecule has 1 amide bonds. The van der Waals surface area contributed by atoms with E-state index in [1.54, 1.807) is 16.4 Å². The summed E-state index contributed by atoms with van der Waals surface area (Å²) in [5, 5.41) is 2.70. The topological polar surface area (TPSA) is 79.6 Å². The van der Waals surface area contributed by atoms with E-state index in [9.17, 15) is 13.2 Å². The third-order valence-corrected chi connectivity index (χ3v) is 8.59. The second-order valence-corrected chi connectivity index (χ2v) is 10.8. The summed E-state index contributed by atoms with van der Waals surface area (Å²) in [6.07, 6.45) is 2.91. The molecule has 0 aromatic carbocycles. The molecule has 2 aliphatic rings. The molecule has 2 heterocycles. The van der Waals surface area contributed by atoms with Crippen molar-refractivity contribution in [3.8, 4) is 0 Å². The zero-order valence-corrected chi connectivity index (χ0v) is 17.1. The molecule has 2 atom stereocenters. The van der Waals surface area contributed by atoms with Crippen LogP contribution in [0.1, 0.15) is 55.4 Å². The number of thiophene rings is 1. The monoisotopic (exact) mass is 408 g/mol. The molecule has 27 heavy (non-hydrogen) atoms. The van der Waals surface area contributed by atoms with Crippen LogP contribution >= 0.6 is 11.3 Å². The van der Waals surface area contributed by atoms with Crippen LogP contribution in [0.4, 0.5) is 0 Å². The Bertz CT molecular complexity index is 943. The van der Waals surface area contributed by atoms with Crippen LogP contribution in [-0.2, 0) is 27.9 Å². The zero-order valence-electron chi connectivity index (χ0n) is 15.5. The largest absolute Gasteiger partial charge is 0.464 e. The third-order valence-electron chi connectivity index (χ3n) is 5.13. The van der Waals surface area contributed by atoms with Crippen molar-refractivity contribution >= 4 is 27.3 Å². The standard InChI is InChI=1S/C19H24N2O4S2/c1-12-9-17(12)18-7-5-15(25-18)11-21(14-3-4-14)27(23,24)19-8-6-16(26-19)10-20-13(2)22/h5-8,12,14,17H,3-4,9-11H2,1-2H3,(H,20,22). The maximum atomic E-state index is 13.2. The number of carbonyl (C=O) groups is 1. The number of carbonyl (C=O) groups excluding carboxylic acids is 1. The summed E-state index contributed by atoms with van der Waals surface area (Å²) in [4.78, 5) is 11.9. The predicted molar refractivity (Wildman–Crippen MR) is 103 cm³/mol. The first-order chi connectivity index (χ1) is 12.8. The maximum Gasteiger partial charge on any atom is 0.253 e. The number of nitrogens with one attached hydrogen (secondary N) is 1. The molecule has 0 radical (unpaired) electrons. The molecule has 2 aromatic rings. The van der Waals surface area contributed by atoms with Gasteiger partial charge in [0.2, 0.25) is 5.91 Å². The first-order valence-electron chi connectivity index (χ1n) is 9.28. The van der Waals surface area contributed by atoms with Gasteiger partial charge < -0.3 is 9.73 Å². The van der Waals surface area contributed by atoms with Crippen molar-refractivity contribution in [2.75, 3.05) is 0 Å². The molecule has 0 saturated heterocycles. The van der Waals surface area contributed by atoms with Crippen molar-refractivity contribution in [2.24, 2.45) is 5.92 Å². The molecule has 4 rings (SSSR count). The van der Waals surface area contributed by atoms with Gasteiger partial charge in [-0.25, -0.2) is 8.42 Å². The van der Waals surface area contributed by atoms with E-state index in [2.05, 4.69) is 12.2 Å². The van der Waals surface area contributed by atoms with E-state index in [1.807, 2.05) is 12.1 Å². The summed E-state index contributed by atoms with van der Waals surface area (Å²) in [6.45, 7) is 4.26. The summed E-state index contributed by atoms with van der Waals surface area (Å²) in [5.41, 5.74) is 0. The summed E-state index contributed by atoms with van der Waals surface area (Å²) in [5.74, 6) is 2.68. The average Bonchev–Trinajstić information content (AvgIpc) is 3.47. The minimum absolute atomic E-state index is 0.0456. The fourth-order valence-electron chi connectivity index (χ4n) is 3.24. The first-order valence-corrected chi connectivity index (χ1v) is 11.5. The Morgan fingerprint density at radius 3 is 2.67 bits per heavy atom. The number of nitrogens with zero attached hydrogens (tertiary/aromatic N) is 1. The molecule has 0 bridgehead atoms. The van der Waals surface area contributed by atoms with Crippen molar-refractivity contribution in [3.63, 3.8) is 0 Å². The number of amides is 1. The van der Waals surface area contributed by atoms with Crippen LogP contribution in [-0.4, -0.2) is 24.7 Å². The molecule has 6 nitrogen and oxygen atoms in total. The lowest BCUT2D eigenvalue weighted by molar-refractivity contribution is -0.119. The molecule has 2 unspecified atom stereocenters. The van der Waals surface area contributed by atoms with Crippen LogP contribution in [0.3, 0.4) is 0 Å². The summed E-state index contributed by atoms with van der Waals surface area (Å²) in [7, 11) is -3.58. The molecule has 1 N–H and O–H groups in total. The molecular formula is C19H24N2O4S2. The van der Waals surface area contributed by atoms with E-state index in [1.165, 1.54) is 18.3 Å². The van der Waals surface area contributed by atoms with Gasteiger partial charge in [-0.2, -0.15) is 4.31 Å². The molecule has 2 fully saturated rings. The summed E-state index contributed by atoms with van der Waals surface area (Å²) < 4.78 is 34.2. The van der Waals surface area contributed by atoms with Crippen LogP contribution in [0.5, 0.6) is 0 Å².